The van der Waals surface area contributed by atoms with E-state index in [1.165, 1.54) is 22.5 Å². The van der Waals surface area contributed by atoms with Crippen molar-refractivity contribution in [3.63, 3.8) is 0 Å². The SMILES string of the molecule is CC(C)C[C@@H]1C(=O)NC(C2Cc3ccccc3C2)C(=O)N1[C@@H](C(=O)NC(C)C)c1ccc(Cl)s1. The average Bonchev–Trinajstić information content (AvgIpc) is 3.38. The van der Waals surface area contributed by atoms with Crippen LogP contribution in [0.25, 0.3) is 0 Å². The third-order valence-corrected chi connectivity index (χ3v) is 7.81. The van der Waals surface area contributed by atoms with Crippen molar-refractivity contribution >= 4 is 40.7 Å². The molecule has 2 aromatic rings. The number of amides is 3. The molecule has 1 aliphatic carbocycles. The zero-order valence-electron chi connectivity index (χ0n) is 20.0. The van der Waals surface area contributed by atoms with Gasteiger partial charge in [-0.05, 0) is 68.2 Å². The van der Waals surface area contributed by atoms with Crippen molar-refractivity contribution in [2.24, 2.45) is 11.8 Å². The van der Waals surface area contributed by atoms with Crippen molar-refractivity contribution in [2.75, 3.05) is 0 Å². The minimum absolute atomic E-state index is 0.0444. The Morgan fingerprint density at radius 3 is 2.29 bits per heavy atom. The molecule has 1 fully saturated rings. The third-order valence-electron chi connectivity index (χ3n) is 6.53. The Hall–Kier alpha value is -2.38. The summed E-state index contributed by atoms with van der Waals surface area (Å²) in [6, 6.07) is 9.26. The predicted molar refractivity (Wildman–Crippen MR) is 135 cm³/mol. The molecule has 2 N–H and O–H groups in total. The molecule has 182 valence electrons. The van der Waals surface area contributed by atoms with Gasteiger partial charge in [-0.25, -0.2) is 0 Å². The summed E-state index contributed by atoms with van der Waals surface area (Å²) in [5.41, 5.74) is 2.43. The highest BCUT2D eigenvalue weighted by Crippen LogP contribution is 2.37. The molecular weight excluding hydrogens is 470 g/mol. The van der Waals surface area contributed by atoms with E-state index >= 15 is 0 Å². The number of thiophene rings is 1. The number of piperazine rings is 1. The Labute approximate surface area is 210 Å². The molecule has 0 radical (unpaired) electrons. The Balaban J connectivity index is 1.73. The summed E-state index contributed by atoms with van der Waals surface area (Å²) in [7, 11) is 0. The number of nitrogens with one attached hydrogen (secondary N) is 2. The summed E-state index contributed by atoms with van der Waals surface area (Å²) in [6.07, 6.45) is 1.92. The number of carbonyl (C=O) groups is 3. The van der Waals surface area contributed by atoms with Crippen LogP contribution in [0.15, 0.2) is 36.4 Å². The first-order valence-electron chi connectivity index (χ1n) is 11.9. The Morgan fingerprint density at radius 1 is 1.12 bits per heavy atom. The highest BCUT2D eigenvalue weighted by atomic mass is 35.5. The number of hydrogen-bond acceptors (Lipinski definition) is 4. The largest absolute Gasteiger partial charge is 0.352 e. The molecule has 34 heavy (non-hydrogen) atoms. The van der Waals surface area contributed by atoms with E-state index < -0.39 is 18.1 Å². The van der Waals surface area contributed by atoms with Crippen LogP contribution < -0.4 is 10.6 Å². The van der Waals surface area contributed by atoms with Gasteiger partial charge in [0, 0.05) is 10.9 Å². The van der Waals surface area contributed by atoms with E-state index in [2.05, 4.69) is 22.8 Å². The highest BCUT2D eigenvalue weighted by Gasteiger charge is 2.49. The second kappa shape index (κ2) is 10.1. The molecule has 2 heterocycles. The zero-order valence-corrected chi connectivity index (χ0v) is 21.6. The Kier molecular flexibility index (Phi) is 7.33. The minimum atomic E-state index is -0.909. The van der Waals surface area contributed by atoms with E-state index in [-0.39, 0.29) is 35.6 Å². The molecule has 1 unspecified atom stereocenters. The molecule has 1 aromatic heterocycles. The van der Waals surface area contributed by atoms with E-state index in [9.17, 15) is 14.4 Å². The van der Waals surface area contributed by atoms with Crippen LogP contribution >= 0.6 is 22.9 Å². The summed E-state index contributed by atoms with van der Waals surface area (Å²) in [5, 5.41) is 5.99. The molecule has 1 saturated heterocycles. The third kappa shape index (κ3) is 5.01. The van der Waals surface area contributed by atoms with Crippen molar-refractivity contribution in [1.82, 2.24) is 15.5 Å². The number of halogens is 1. The molecule has 1 aliphatic heterocycles. The van der Waals surface area contributed by atoms with Crippen LogP contribution in [-0.4, -0.2) is 40.7 Å². The van der Waals surface area contributed by atoms with Crippen LogP contribution in [0.1, 0.15) is 56.2 Å². The van der Waals surface area contributed by atoms with Gasteiger partial charge in [-0.1, -0.05) is 49.7 Å². The zero-order chi connectivity index (χ0) is 24.6. The topological polar surface area (TPSA) is 78.5 Å². The van der Waals surface area contributed by atoms with Crippen molar-refractivity contribution in [3.05, 3.63) is 56.7 Å². The molecule has 3 amide bonds. The second-order valence-corrected chi connectivity index (χ2v) is 11.8. The van der Waals surface area contributed by atoms with Crippen LogP contribution in [0.4, 0.5) is 0 Å². The first kappa shape index (κ1) is 24.7. The second-order valence-electron chi connectivity index (χ2n) is 10.0. The van der Waals surface area contributed by atoms with Crippen LogP contribution in [0.5, 0.6) is 0 Å². The summed E-state index contributed by atoms with van der Waals surface area (Å²) in [5.74, 6) is -0.564. The van der Waals surface area contributed by atoms with Gasteiger partial charge in [0.15, 0.2) is 0 Å². The predicted octanol–water partition coefficient (Wildman–Crippen LogP) is 4.12. The van der Waals surface area contributed by atoms with E-state index in [1.807, 2.05) is 39.8 Å². The van der Waals surface area contributed by atoms with Gasteiger partial charge < -0.3 is 15.5 Å². The Bertz CT molecular complexity index is 1060. The van der Waals surface area contributed by atoms with Crippen molar-refractivity contribution in [3.8, 4) is 0 Å². The van der Waals surface area contributed by atoms with Gasteiger partial charge in [-0.2, -0.15) is 0 Å². The number of nitrogens with zero attached hydrogens (tertiary/aromatic N) is 1. The number of rotatable bonds is 7. The fourth-order valence-electron chi connectivity index (χ4n) is 5.11. The van der Waals surface area contributed by atoms with Gasteiger partial charge >= 0.3 is 0 Å². The maximum absolute atomic E-state index is 14.1. The fourth-order valence-corrected chi connectivity index (χ4v) is 6.27. The van der Waals surface area contributed by atoms with Crippen LogP contribution in [0.3, 0.4) is 0 Å². The lowest BCUT2D eigenvalue weighted by Gasteiger charge is -2.44. The normalized spacial score (nSPS) is 21.7. The highest BCUT2D eigenvalue weighted by molar-refractivity contribution is 7.16. The van der Waals surface area contributed by atoms with E-state index in [4.69, 9.17) is 11.6 Å². The summed E-state index contributed by atoms with van der Waals surface area (Å²) in [6.45, 7) is 7.79. The number of fused-ring (bicyclic) bond motifs is 1. The monoisotopic (exact) mass is 501 g/mol. The van der Waals surface area contributed by atoms with Gasteiger partial charge in [0.1, 0.15) is 18.1 Å². The van der Waals surface area contributed by atoms with Crippen molar-refractivity contribution < 1.29 is 14.4 Å². The molecule has 1 aromatic carbocycles. The molecule has 3 atom stereocenters. The molecule has 0 saturated carbocycles. The van der Waals surface area contributed by atoms with E-state index in [0.717, 1.165) is 12.8 Å². The van der Waals surface area contributed by atoms with E-state index in [1.54, 1.807) is 17.0 Å². The maximum atomic E-state index is 14.1. The maximum Gasteiger partial charge on any atom is 0.248 e. The van der Waals surface area contributed by atoms with Gasteiger partial charge in [-0.15, -0.1) is 11.3 Å². The van der Waals surface area contributed by atoms with Crippen molar-refractivity contribution in [1.29, 1.82) is 0 Å². The fraction of sp³-hybridized carbons (Fsp3) is 0.500. The smallest absolute Gasteiger partial charge is 0.248 e. The number of benzene rings is 1. The lowest BCUT2D eigenvalue weighted by atomic mass is 9.88. The lowest BCUT2D eigenvalue weighted by molar-refractivity contribution is -0.157. The average molecular weight is 502 g/mol. The van der Waals surface area contributed by atoms with Gasteiger partial charge in [-0.3, -0.25) is 14.4 Å². The summed E-state index contributed by atoms with van der Waals surface area (Å²) in [4.78, 5) is 43.3. The molecule has 6 nitrogen and oxygen atoms in total. The molecule has 0 bridgehead atoms. The Morgan fingerprint density at radius 2 is 1.76 bits per heavy atom. The summed E-state index contributed by atoms with van der Waals surface area (Å²) < 4.78 is 0.537. The number of carbonyl (C=O) groups excluding carboxylic acids is 3. The summed E-state index contributed by atoms with van der Waals surface area (Å²) >= 11 is 7.50. The first-order valence-corrected chi connectivity index (χ1v) is 13.1. The minimum Gasteiger partial charge on any atom is -0.352 e. The molecule has 8 heteroatoms. The van der Waals surface area contributed by atoms with Gasteiger partial charge in [0.25, 0.3) is 0 Å². The van der Waals surface area contributed by atoms with Crippen LogP contribution in [0.2, 0.25) is 4.34 Å². The first-order chi connectivity index (χ1) is 16.2. The van der Waals surface area contributed by atoms with E-state index in [0.29, 0.717) is 15.6 Å². The molecule has 2 aliphatic rings. The van der Waals surface area contributed by atoms with Crippen LogP contribution in [-0.2, 0) is 27.2 Å². The van der Waals surface area contributed by atoms with Gasteiger partial charge in [0.05, 0.1) is 4.34 Å². The molecule has 4 rings (SSSR count). The number of hydrogen-bond donors (Lipinski definition) is 2. The molecular formula is C26H32ClN3O3S. The lowest BCUT2D eigenvalue weighted by Crippen LogP contribution is -2.67. The van der Waals surface area contributed by atoms with Crippen molar-refractivity contribution in [2.45, 2.75) is 71.1 Å². The molecule has 0 spiro atoms. The quantitative estimate of drug-likeness (QED) is 0.599. The standard InChI is InChI=1S/C26H32ClN3O3S/c1-14(2)11-19-24(31)29-22(18-12-16-7-5-6-8-17(16)13-18)26(33)30(19)23(25(32)28-15(3)4)20-9-10-21(27)34-20/h5-10,14-15,18-19,22-23H,11-13H2,1-4H3,(H,28,32)(H,29,31)/t19-,22?,23-/m1/s1. The van der Waals surface area contributed by atoms with Gasteiger partial charge in [0.2, 0.25) is 17.7 Å². The van der Waals surface area contributed by atoms with Crippen LogP contribution in [0, 0.1) is 11.8 Å².